The summed E-state index contributed by atoms with van der Waals surface area (Å²) in [7, 11) is 1.81. The molecule has 2 aliphatic heterocycles. The van der Waals surface area contributed by atoms with Crippen molar-refractivity contribution in [2.24, 2.45) is 5.10 Å². The zero-order valence-corrected chi connectivity index (χ0v) is 16.2. The lowest BCUT2D eigenvalue weighted by Crippen LogP contribution is -2.47. The first-order valence-electron chi connectivity index (χ1n) is 7.65. The van der Waals surface area contributed by atoms with Crippen molar-refractivity contribution < 1.29 is 14.5 Å². The fourth-order valence-corrected chi connectivity index (χ4v) is 5.56. The summed E-state index contributed by atoms with van der Waals surface area (Å²) in [5.41, 5.74) is 1.17. The number of nitro benzene ring substituents is 1. The maximum Gasteiger partial charge on any atom is 0.271 e. The molecule has 0 amide bonds. The van der Waals surface area contributed by atoms with Crippen molar-refractivity contribution in [2.45, 2.75) is 25.1 Å². The van der Waals surface area contributed by atoms with Crippen molar-refractivity contribution in [3.8, 4) is 0 Å². The molecule has 2 heterocycles. The zero-order valence-electron chi connectivity index (χ0n) is 14.5. The first kappa shape index (κ1) is 18.5. The molecule has 10 heteroatoms. The second-order valence-electron chi connectivity index (χ2n) is 5.83. The number of hydrogen-bond donors (Lipinski definition) is 0. The number of nitro groups is 1. The summed E-state index contributed by atoms with van der Waals surface area (Å²) in [5, 5.41) is 17.4. The highest BCUT2D eigenvalue weighted by atomic mass is 32.2. The summed E-state index contributed by atoms with van der Waals surface area (Å²) in [6.45, 7) is 4.74. The van der Waals surface area contributed by atoms with Crippen LogP contribution in [0.1, 0.15) is 20.8 Å². The van der Waals surface area contributed by atoms with Gasteiger partial charge in [-0.05, 0) is 31.7 Å². The van der Waals surface area contributed by atoms with E-state index in [1.54, 1.807) is 17.1 Å². The number of thioether (sulfide) groups is 2. The average molecular weight is 392 g/mol. The summed E-state index contributed by atoms with van der Waals surface area (Å²) in [5.74, 6) is -0.280. The van der Waals surface area contributed by atoms with Crippen molar-refractivity contribution in [3.05, 3.63) is 45.0 Å². The highest BCUT2D eigenvalue weighted by Crippen LogP contribution is 2.58. The first-order chi connectivity index (χ1) is 12.2. The molecule has 2 aliphatic rings. The van der Waals surface area contributed by atoms with Crippen LogP contribution in [0.15, 0.2) is 40.0 Å². The molecule has 8 nitrogen and oxygen atoms in total. The second-order valence-corrected chi connectivity index (χ2v) is 8.43. The van der Waals surface area contributed by atoms with Crippen LogP contribution in [0.25, 0.3) is 0 Å². The number of nitrogens with zero attached hydrogens (tertiary/aromatic N) is 4. The van der Waals surface area contributed by atoms with Crippen LogP contribution in [0.3, 0.4) is 0 Å². The molecule has 0 saturated heterocycles. The number of carbonyl (C=O) groups is 2. The molecule has 3 rings (SSSR count). The van der Waals surface area contributed by atoms with Crippen LogP contribution >= 0.6 is 23.5 Å². The molecule has 136 valence electrons. The first-order valence-corrected chi connectivity index (χ1v) is 9.28. The number of ketones is 2. The molecule has 1 atom stereocenters. The molecule has 0 aromatic heterocycles. The van der Waals surface area contributed by atoms with E-state index in [1.165, 1.54) is 49.5 Å². The minimum Gasteiger partial charge on any atom is -0.335 e. The highest BCUT2D eigenvalue weighted by Gasteiger charge is 2.55. The van der Waals surface area contributed by atoms with Crippen LogP contribution < -0.4 is 5.01 Å². The summed E-state index contributed by atoms with van der Waals surface area (Å²) in [6, 6.07) is 6.06. The predicted octanol–water partition coefficient (Wildman–Crippen LogP) is 3.16. The number of rotatable bonds is 4. The number of allylic oxidation sites excluding steroid dienone is 2. The molecule has 0 saturated carbocycles. The number of carbonyl (C=O) groups excluding carboxylic acids is 2. The quantitative estimate of drug-likeness (QED) is 0.569. The molecule has 0 radical (unpaired) electrons. The summed E-state index contributed by atoms with van der Waals surface area (Å²) < 4.78 is -0.915. The fourth-order valence-electron chi connectivity index (χ4n) is 2.69. The standard InChI is InChI=1S/C16H16N4O4S2/c1-9-14(10(2)21)25-16(18(9)4)19(17-15(26-16)11(3)22)12-6-5-7-13(8-12)20(23)24/h5-8H,1-4H3. The Labute approximate surface area is 158 Å². The summed E-state index contributed by atoms with van der Waals surface area (Å²) in [6.07, 6.45) is 0. The van der Waals surface area contributed by atoms with E-state index < -0.39 is 9.25 Å². The Hall–Kier alpha value is -2.33. The van der Waals surface area contributed by atoms with E-state index in [4.69, 9.17) is 0 Å². The minimum absolute atomic E-state index is 0.0729. The molecular formula is C16H16N4O4S2. The Morgan fingerprint density at radius 3 is 2.46 bits per heavy atom. The molecule has 1 aromatic rings. The third-order valence-corrected chi connectivity index (χ3v) is 7.36. The second kappa shape index (κ2) is 6.44. The lowest BCUT2D eigenvalue weighted by Gasteiger charge is -2.39. The maximum atomic E-state index is 12.0. The average Bonchev–Trinajstić information content (AvgIpc) is 3.10. The summed E-state index contributed by atoms with van der Waals surface area (Å²) >= 11 is 2.52. The van der Waals surface area contributed by atoms with Gasteiger partial charge in [0.1, 0.15) is 0 Å². The Bertz CT molecular complexity index is 898. The third-order valence-electron chi connectivity index (χ3n) is 4.08. The van der Waals surface area contributed by atoms with Gasteiger partial charge < -0.3 is 4.90 Å². The van der Waals surface area contributed by atoms with Crippen molar-refractivity contribution in [3.63, 3.8) is 0 Å². The molecule has 0 fully saturated rings. The van der Waals surface area contributed by atoms with Gasteiger partial charge in [-0.15, -0.1) is 0 Å². The molecular weight excluding hydrogens is 376 g/mol. The van der Waals surface area contributed by atoms with E-state index >= 15 is 0 Å². The lowest BCUT2D eigenvalue weighted by molar-refractivity contribution is -0.384. The van der Waals surface area contributed by atoms with Crippen molar-refractivity contribution >= 4 is 51.5 Å². The van der Waals surface area contributed by atoms with Crippen LogP contribution in [0.5, 0.6) is 0 Å². The van der Waals surface area contributed by atoms with Gasteiger partial charge >= 0.3 is 0 Å². The van der Waals surface area contributed by atoms with Crippen molar-refractivity contribution in [1.29, 1.82) is 0 Å². The molecule has 1 unspecified atom stereocenters. The van der Waals surface area contributed by atoms with E-state index in [9.17, 15) is 19.7 Å². The monoisotopic (exact) mass is 392 g/mol. The zero-order chi connectivity index (χ0) is 19.2. The number of non-ortho nitro benzene ring substituents is 1. The maximum absolute atomic E-state index is 12.0. The van der Waals surface area contributed by atoms with Crippen LogP contribution in [0, 0.1) is 10.1 Å². The van der Waals surface area contributed by atoms with E-state index in [0.29, 0.717) is 10.6 Å². The molecule has 26 heavy (non-hydrogen) atoms. The van der Waals surface area contributed by atoms with Gasteiger partial charge in [0, 0.05) is 31.8 Å². The van der Waals surface area contributed by atoms with Crippen LogP contribution in [-0.2, 0) is 9.59 Å². The smallest absolute Gasteiger partial charge is 0.271 e. The third kappa shape index (κ3) is 2.78. The van der Waals surface area contributed by atoms with Crippen molar-refractivity contribution in [2.75, 3.05) is 12.1 Å². The van der Waals surface area contributed by atoms with Gasteiger partial charge in [-0.2, -0.15) is 5.10 Å². The molecule has 1 spiro atoms. The number of anilines is 1. The van der Waals surface area contributed by atoms with Gasteiger partial charge in [-0.25, -0.2) is 5.01 Å². The topological polar surface area (TPSA) is 96.1 Å². The SMILES string of the molecule is CC(=O)C1=NN(c2cccc([N+](=O)[O-])c2)C2(S1)SC(C(C)=O)=C(C)N2C. The van der Waals surface area contributed by atoms with Gasteiger partial charge in [0.25, 0.3) is 5.69 Å². The molecule has 0 aliphatic carbocycles. The molecule has 0 bridgehead atoms. The van der Waals surface area contributed by atoms with Crippen LogP contribution in [0.2, 0.25) is 0 Å². The van der Waals surface area contributed by atoms with Gasteiger partial charge in [0.05, 0.1) is 15.5 Å². The number of hydrazone groups is 1. The van der Waals surface area contributed by atoms with E-state index in [2.05, 4.69) is 5.10 Å². The van der Waals surface area contributed by atoms with Gasteiger partial charge in [0.15, 0.2) is 16.6 Å². The van der Waals surface area contributed by atoms with E-state index in [1.807, 2.05) is 18.9 Å². The summed E-state index contributed by atoms with van der Waals surface area (Å²) in [4.78, 5) is 37.1. The number of Topliss-reactive ketones (excluding diaryl/α,β-unsaturated/α-hetero) is 2. The Kier molecular flexibility index (Phi) is 4.57. The Morgan fingerprint density at radius 1 is 1.23 bits per heavy atom. The largest absolute Gasteiger partial charge is 0.335 e. The van der Waals surface area contributed by atoms with Crippen molar-refractivity contribution in [1.82, 2.24) is 4.90 Å². The Morgan fingerprint density at radius 2 is 1.92 bits per heavy atom. The van der Waals surface area contributed by atoms with E-state index in [0.717, 1.165) is 5.70 Å². The van der Waals surface area contributed by atoms with Gasteiger partial charge in [-0.1, -0.05) is 17.8 Å². The molecule has 1 aromatic carbocycles. The Balaban J connectivity index is 2.12. The predicted molar refractivity (Wildman–Crippen MR) is 103 cm³/mol. The number of hydrogen-bond acceptors (Lipinski definition) is 9. The lowest BCUT2D eigenvalue weighted by atomic mass is 10.2. The number of benzene rings is 1. The van der Waals surface area contributed by atoms with Gasteiger partial charge in [0.2, 0.25) is 4.33 Å². The van der Waals surface area contributed by atoms with Gasteiger partial charge in [-0.3, -0.25) is 19.7 Å². The minimum atomic E-state index is -0.915. The van der Waals surface area contributed by atoms with Crippen LogP contribution in [-0.4, -0.2) is 37.8 Å². The van der Waals surface area contributed by atoms with Crippen LogP contribution in [0.4, 0.5) is 11.4 Å². The highest BCUT2D eigenvalue weighted by molar-refractivity contribution is 8.28. The molecule has 0 N–H and O–H groups in total. The van der Waals surface area contributed by atoms with E-state index in [-0.39, 0.29) is 22.3 Å². The fraction of sp³-hybridized carbons (Fsp3) is 0.312. The normalized spacial score (nSPS) is 22.2.